The maximum Gasteiger partial charge on any atom is 0.335 e. The molecular formula is C9H19O4P. The summed E-state index contributed by atoms with van der Waals surface area (Å²) in [5.74, 6) is -0.276. The summed E-state index contributed by atoms with van der Waals surface area (Å²) in [6.45, 7) is 7.36. The predicted octanol–water partition coefficient (Wildman–Crippen LogP) is 2.07. The van der Waals surface area contributed by atoms with Crippen molar-refractivity contribution < 1.29 is 18.8 Å². The third-order valence-corrected chi connectivity index (χ3v) is 2.87. The summed E-state index contributed by atoms with van der Waals surface area (Å²) in [6, 6.07) is 0. The van der Waals surface area contributed by atoms with Crippen LogP contribution in [-0.2, 0) is 13.9 Å². The first-order chi connectivity index (χ1) is 6.24. The van der Waals surface area contributed by atoms with Gasteiger partial charge in [0.25, 0.3) is 0 Å². The number of Topliss-reactive ketones (excluding diaryl/α,β-unsaturated/α-hetero) is 1. The second-order valence-corrected chi connectivity index (χ2v) is 5.96. The van der Waals surface area contributed by atoms with Crippen LogP contribution in [0, 0.1) is 11.8 Å². The summed E-state index contributed by atoms with van der Waals surface area (Å²) in [7, 11) is -3.71. The van der Waals surface area contributed by atoms with Crippen LogP contribution in [0.1, 0.15) is 27.7 Å². The SMILES string of the molecule is CC(C)COP(=O)(O)CC(=O)C(C)C. The van der Waals surface area contributed by atoms with Crippen LogP contribution in [0.5, 0.6) is 0 Å². The molecule has 0 rings (SSSR count). The number of carbonyl (C=O) groups is 1. The fourth-order valence-electron chi connectivity index (χ4n) is 0.691. The molecule has 0 fully saturated rings. The smallest absolute Gasteiger partial charge is 0.324 e. The van der Waals surface area contributed by atoms with Gasteiger partial charge in [-0.1, -0.05) is 27.7 Å². The first kappa shape index (κ1) is 13.8. The Balaban J connectivity index is 4.08. The Morgan fingerprint density at radius 3 is 2.21 bits per heavy atom. The molecule has 5 heteroatoms. The Bertz CT molecular complexity index is 235. The minimum absolute atomic E-state index is 0.185. The molecule has 0 aromatic heterocycles. The highest BCUT2D eigenvalue weighted by atomic mass is 31.2. The summed E-state index contributed by atoms with van der Waals surface area (Å²) < 4.78 is 16.1. The van der Waals surface area contributed by atoms with Gasteiger partial charge in [0.1, 0.15) is 11.9 Å². The molecule has 84 valence electrons. The normalized spacial score (nSPS) is 15.9. The van der Waals surface area contributed by atoms with Gasteiger partial charge in [-0.2, -0.15) is 0 Å². The quantitative estimate of drug-likeness (QED) is 0.699. The Labute approximate surface area is 85.2 Å². The van der Waals surface area contributed by atoms with Gasteiger partial charge < -0.3 is 9.42 Å². The van der Waals surface area contributed by atoms with Crippen LogP contribution in [0.25, 0.3) is 0 Å². The first-order valence-electron chi connectivity index (χ1n) is 4.73. The Hall–Kier alpha value is -0.180. The van der Waals surface area contributed by atoms with Crippen molar-refractivity contribution in [3.8, 4) is 0 Å². The van der Waals surface area contributed by atoms with Gasteiger partial charge in [-0.3, -0.25) is 9.36 Å². The molecule has 1 N–H and O–H groups in total. The fourth-order valence-corrected chi connectivity index (χ4v) is 2.07. The Morgan fingerprint density at radius 2 is 1.86 bits per heavy atom. The van der Waals surface area contributed by atoms with E-state index in [1.165, 1.54) is 0 Å². The molecule has 0 amide bonds. The van der Waals surface area contributed by atoms with E-state index in [4.69, 9.17) is 4.52 Å². The summed E-state index contributed by atoms with van der Waals surface area (Å²) in [6.07, 6.45) is -0.378. The van der Waals surface area contributed by atoms with Gasteiger partial charge in [-0.05, 0) is 5.92 Å². The van der Waals surface area contributed by atoms with Crippen LogP contribution in [-0.4, -0.2) is 23.4 Å². The van der Waals surface area contributed by atoms with E-state index in [9.17, 15) is 14.3 Å². The van der Waals surface area contributed by atoms with E-state index >= 15 is 0 Å². The van der Waals surface area contributed by atoms with Crippen molar-refractivity contribution in [2.45, 2.75) is 27.7 Å². The highest BCUT2D eigenvalue weighted by molar-refractivity contribution is 7.53. The molecular weight excluding hydrogens is 203 g/mol. The van der Waals surface area contributed by atoms with Gasteiger partial charge in [0.15, 0.2) is 0 Å². The third kappa shape index (κ3) is 6.30. The zero-order valence-electron chi connectivity index (χ0n) is 9.19. The molecule has 0 heterocycles. The first-order valence-corrected chi connectivity index (χ1v) is 6.50. The summed E-state index contributed by atoms with van der Waals surface area (Å²) >= 11 is 0. The molecule has 1 atom stereocenters. The monoisotopic (exact) mass is 222 g/mol. The number of hydrogen-bond donors (Lipinski definition) is 1. The zero-order valence-corrected chi connectivity index (χ0v) is 10.1. The van der Waals surface area contributed by atoms with E-state index in [2.05, 4.69) is 0 Å². The van der Waals surface area contributed by atoms with Crippen molar-refractivity contribution in [2.75, 3.05) is 12.8 Å². The van der Waals surface area contributed by atoms with Crippen molar-refractivity contribution in [1.82, 2.24) is 0 Å². The zero-order chi connectivity index (χ0) is 11.4. The molecule has 0 aliphatic heterocycles. The predicted molar refractivity (Wildman–Crippen MR) is 55.3 cm³/mol. The van der Waals surface area contributed by atoms with Gasteiger partial charge in [0.05, 0.1) is 6.61 Å². The second-order valence-electron chi connectivity index (χ2n) is 4.11. The van der Waals surface area contributed by atoms with Gasteiger partial charge in [-0.25, -0.2) is 0 Å². The van der Waals surface area contributed by atoms with Crippen molar-refractivity contribution in [2.24, 2.45) is 11.8 Å². The highest BCUT2D eigenvalue weighted by Crippen LogP contribution is 2.42. The third-order valence-electron chi connectivity index (χ3n) is 1.61. The van der Waals surface area contributed by atoms with Gasteiger partial charge in [-0.15, -0.1) is 0 Å². The number of ketones is 1. The molecule has 0 saturated carbocycles. The maximum atomic E-state index is 11.3. The topological polar surface area (TPSA) is 63.6 Å². The van der Waals surface area contributed by atoms with E-state index in [0.29, 0.717) is 0 Å². The molecule has 0 spiro atoms. The van der Waals surface area contributed by atoms with E-state index in [-0.39, 0.29) is 30.4 Å². The average molecular weight is 222 g/mol. The lowest BCUT2D eigenvalue weighted by atomic mass is 10.1. The fraction of sp³-hybridized carbons (Fsp3) is 0.889. The maximum absolute atomic E-state index is 11.3. The average Bonchev–Trinajstić information content (AvgIpc) is 2.00. The molecule has 14 heavy (non-hydrogen) atoms. The van der Waals surface area contributed by atoms with E-state index in [0.717, 1.165) is 0 Å². The molecule has 0 aromatic carbocycles. The number of rotatable bonds is 6. The molecule has 0 radical (unpaired) electrons. The Morgan fingerprint density at radius 1 is 1.36 bits per heavy atom. The molecule has 0 saturated heterocycles. The molecule has 4 nitrogen and oxygen atoms in total. The summed E-state index contributed by atoms with van der Waals surface area (Å²) in [4.78, 5) is 20.5. The minimum atomic E-state index is -3.71. The Kier molecular flexibility index (Phi) is 5.57. The minimum Gasteiger partial charge on any atom is -0.324 e. The van der Waals surface area contributed by atoms with Crippen molar-refractivity contribution in [1.29, 1.82) is 0 Å². The molecule has 0 bridgehead atoms. The number of carbonyl (C=O) groups excluding carboxylic acids is 1. The lowest BCUT2D eigenvalue weighted by molar-refractivity contribution is -0.119. The summed E-state index contributed by atoms with van der Waals surface area (Å²) in [5.41, 5.74) is 0. The molecule has 0 aromatic rings. The molecule has 0 aliphatic carbocycles. The van der Waals surface area contributed by atoms with Gasteiger partial charge in [0.2, 0.25) is 0 Å². The van der Waals surface area contributed by atoms with Crippen LogP contribution in [0.15, 0.2) is 0 Å². The van der Waals surface area contributed by atoms with Crippen molar-refractivity contribution in [3.63, 3.8) is 0 Å². The van der Waals surface area contributed by atoms with Crippen LogP contribution in [0.4, 0.5) is 0 Å². The largest absolute Gasteiger partial charge is 0.335 e. The van der Waals surface area contributed by atoms with Crippen molar-refractivity contribution >= 4 is 13.4 Å². The van der Waals surface area contributed by atoms with Crippen LogP contribution >= 0.6 is 7.60 Å². The lowest BCUT2D eigenvalue weighted by Gasteiger charge is -2.13. The van der Waals surface area contributed by atoms with Gasteiger partial charge >= 0.3 is 7.60 Å². The van der Waals surface area contributed by atoms with Crippen LogP contribution in [0.3, 0.4) is 0 Å². The van der Waals surface area contributed by atoms with E-state index < -0.39 is 7.60 Å². The van der Waals surface area contributed by atoms with E-state index in [1.807, 2.05) is 13.8 Å². The van der Waals surface area contributed by atoms with Crippen molar-refractivity contribution in [3.05, 3.63) is 0 Å². The van der Waals surface area contributed by atoms with Crippen LogP contribution in [0.2, 0.25) is 0 Å². The van der Waals surface area contributed by atoms with E-state index in [1.54, 1.807) is 13.8 Å². The molecule has 0 aliphatic rings. The molecule has 1 unspecified atom stereocenters. The standard InChI is InChI=1S/C9H19O4P/c1-7(2)5-13-14(11,12)6-9(10)8(3)4/h7-8H,5-6H2,1-4H3,(H,11,12). The number of hydrogen-bond acceptors (Lipinski definition) is 3. The van der Waals surface area contributed by atoms with Gasteiger partial charge in [0, 0.05) is 5.92 Å². The highest BCUT2D eigenvalue weighted by Gasteiger charge is 2.25. The summed E-state index contributed by atoms with van der Waals surface area (Å²) in [5, 5.41) is 0. The van der Waals surface area contributed by atoms with Crippen LogP contribution < -0.4 is 0 Å². The lowest BCUT2D eigenvalue weighted by Crippen LogP contribution is -2.14. The second kappa shape index (κ2) is 5.64.